The summed E-state index contributed by atoms with van der Waals surface area (Å²) in [5, 5.41) is 15.3. The molecule has 2 aliphatic carbocycles. The van der Waals surface area contributed by atoms with Gasteiger partial charge in [0.05, 0.1) is 25.3 Å². The molecule has 3 unspecified atom stereocenters. The molecule has 2 saturated carbocycles. The second-order valence-electron chi connectivity index (χ2n) is 15.5. The van der Waals surface area contributed by atoms with E-state index in [4.69, 9.17) is 9.47 Å². The first-order valence-electron chi connectivity index (χ1n) is 18.3. The molecule has 2 aromatic rings. The molecule has 1 heterocycles. The maximum absolute atomic E-state index is 13.4. The Morgan fingerprint density at radius 1 is 1.08 bits per heavy atom. The SMILES string of the molecule is C=CNc1ccccc1.CC(C)(C)C.CCCOc1cc(C(=O)NC(CC2CC2)C(=O)N(C)CC(=O)N2CC(C)CC2C#N)ccc1OC1CC1. The first kappa shape index (κ1) is 40.9. The summed E-state index contributed by atoms with van der Waals surface area (Å²) in [4.78, 5) is 42.4. The molecule has 0 aromatic heterocycles. The summed E-state index contributed by atoms with van der Waals surface area (Å²) in [7, 11) is 1.58. The van der Waals surface area contributed by atoms with Crippen LogP contribution < -0.4 is 20.1 Å². The van der Waals surface area contributed by atoms with Crippen molar-refractivity contribution in [3.8, 4) is 17.6 Å². The van der Waals surface area contributed by atoms with E-state index in [0.717, 1.165) is 37.8 Å². The summed E-state index contributed by atoms with van der Waals surface area (Å²) in [6.07, 6.45) is 7.97. The Morgan fingerprint density at radius 2 is 1.75 bits per heavy atom. The Balaban J connectivity index is 0.000000418. The van der Waals surface area contributed by atoms with Crippen molar-refractivity contribution in [2.75, 3.05) is 32.1 Å². The largest absolute Gasteiger partial charge is 0.490 e. The Kier molecular flexibility index (Phi) is 15.8. The average Bonchev–Trinajstić information content (AvgIpc) is 4.03. The van der Waals surface area contributed by atoms with Crippen LogP contribution in [0.5, 0.6) is 11.5 Å². The highest BCUT2D eigenvalue weighted by Gasteiger charge is 2.36. The molecule has 51 heavy (non-hydrogen) atoms. The standard InChI is InChI=1S/C28H38N4O5.C8H9N.C5H12/c1-4-11-36-25-14-20(7-10-24(25)37-22-8-9-22)27(34)30-23(13-19-5-6-19)28(35)31(3)17-26(33)32-16-18(2)12-21(32)15-29;1-2-9-8-6-4-3-5-7-8;1-5(2,3)4/h7,10,14,18-19,21-23H,4-6,8-9,11-13,16-17H2,1-3H3,(H,30,34);2-7,9H,1H2;1-4H3. The molecule has 3 atom stereocenters. The second-order valence-corrected chi connectivity index (χ2v) is 15.5. The van der Waals surface area contributed by atoms with Gasteiger partial charge in [0.25, 0.3) is 5.91 Å². The molecule has 10 heteroatoms. The average molecular weight is 702 g/mol. The van der Waals surface area contributed by atoms with Gasteiger partial charge >= 0.3 is 0 Å². The zero-order valence-electron chi connectivity index (χ0n) is 31.7. The number of hydrogen-bond acceptors (Lipinski definition) is 7. The molecule has 278 valence electrons. The van der Waals surface area contributed by atoms with Crippen LogP contribution in [0.25, 0.3) is 0 Å². The van der Waals surface area contributed by atoms with E-state index in [9.17, 15) is 19.6 Å². The second kappa shape index (κ2) is 19.8. The van der Waals surface area contributed by atoms with E-state index >= 15 is 0 Å². The number of likely N-dealkylation sites (N-methyl/N-ethyl adjacent to an activating group) is 1. The Bertz CT molecular complexity index is 1470. The number of anilines is 1. The third-order valence-electron chi connectivity index (χ3n) is 8.13. The smallest absolute Gasteiger partial charge is 0.252 e. The lowest BCUT2D eigenvalue weighted by molar-refractivity contribution is -0.140. The van der Waals surface area contributed by atoms with Gasteiger partial charge in [0.1, 0.15) is 12.1 Å². The van der Waals surface area contributed by atoms with Crippen molar-refractivity contribution in [3.63, 3.8) is 0 Å². The van der Waals surface area contributed by atoms with Gasteiger partial charge in [-0.15, -0.1) is 0 Å². The third kappa shape index (κ3) is 15.1. The third-order valence-corrected chi connectivity index (χ3v) is 8.13. The minimum Gasteiger partial charge on any atom is -0.490 e. The van der Waals surface area contributed by atoms with Gasteiger partial charge in [-0.3, -0.25) is 14.4 Å². The predicted octanol–water partition coefficient (Wildman–Crippen LogP) is 7.43. The number of rotatable bonds is 14. The highest BCUT2D eigenvalue weighted by molar-refractivity contribution is 5.98. The van der Waals surface area contributed by atoms with Gasteiger partial charge in [-0.1, -0.05) is 79.2 Å². The molecule has 3 aliphatic rings. The van der Waals surface area contributed by atoms with E-state index in [1.807, 2.05) is 44.2 Å². The van der Waals surface area contributed by atoms with E-state index in [2.05, 4.69) is 51.0 Å². The minimum atomic E-state index is -0.732. The maximum Gasteiger partial charge on any atom is 0.252 e. The molecule has 1 aliphatic heterocycles. The van der Waals surface area contributed by atoms with E-state index in [0.29, 0.717) is 54.4 Å². The van der Waals surface area contributed by atoms with Gasteiger partial charge in [-0.2, -0.15) is 5.26 Å². The van der Waals surface area contributed by atoms with Crippen LogP contribution in [0, 0.1) is 28.6 Å². The Hall–Kier alpha value is -4.52. The summed E-state index contributed by atoms with van der Waals surface area (Å²) < 4.78 is 11.8. The summed E-state index contributed by atoms with van der Waals surface area (Å²) in [6, 6.07) is 16.0. The van der Waals surface area contributed by atoms with Crippen molar-refractivity contribution in [2.24, 2.45) is 17.3 Å². The molecule has 0 bridgehead atoms. The fourth-order valence-corrected chi connectivity index (χ4v) is 5.32. The highest BCUT2D eigenvalue weighted by atomic mass is 16.5. The monoisotopic (exact) mass is 701 g/mol. The molecule has 0 radical (unpaired) electrons. The van der Waals surface area contributed by atoms with E-state index in [-0.39, 0.29) is 36.3 Å². The first-order chi connectivity index (χ1) is 24.2. The van der Waals surface area contributed by atoms with Crippen molar-refractivity contribution in [1.82, 2.24) is 15.1 Å². The van der Waals surface area contributed by atoms with Crippen molar-refractivity contribution < 1.29 is 23.9 Å². The van der Waals surface area contributed by atoms with Gasteiger partial charge in [0.2, 0.25) is 11.8 Å². The molecule has 10 nitrogen and oxygen atoms in total. The molecular formula is C41H59N5O5. The topological polar surface area (TPSA) is 124 Å². The van der Waals surface area contributed by atoms with Crippen LogP contribution in [0.4, 0.5) is 5.69 Å². The molecule has 2 aromatic carbocycles. The molecular weight excluding hydrogens is 642 g/mol. The van der Waals surface area contributed by atoms with Gasteiger partial charge in [0.15, 0.2) is 11.5 Å². The number of ether oxygens (including phenoxy) is 2. The number of hydrogen-bond donors (Lipinski definition) is 2. The Morgan fingerprint density at radius 3 is 2.31 bits per heavy atom. The zero-order valence-corrected chi connectivity index (χ0v) is 31.7. The van der Waals surface area contributed by atoms with E-state index < -0.39 is 12.1 Å². The number of carbonyl (C=O) groups is 3. The van der Waals surface area contributed by atoms with Crippen LogP contribution in [0.2, 0.25) is 0 Å². The van der Waals surface area contributed by atoms with Crippen LogP contribution in [0.3, 0.4) is 0 Å². The number of likely N-dealkylation sites (tertiary alicyclic amines) is 1. The van der Waals surface area contributed by atoms with E-state index in [1.165, 1.54) is 4.90 Å². The van der Waals surface area contributed by atoms with Gasteiger partial charge in [-0.05, 0) is 85.9 Å². The van der Waals surface area contributed by atoms with E-state index in [1.54, 1.807) is 36.3 Å². The lowest BCUT2D eigenvalue weighted by atomic mass is 10.0. The summed E-state index contributed by atoms with van der Waals surface area (Å²) in [5.41, 5.74) is 1.97. The van der Waals surface area contributed by atoms with Crippen LogP contribution in [0.15, 0.2) is 61.3 Å². The van der Waals surface area contributed by atoms with Gasteiger partial charge in [-0.25, -0.2) is 0 Å². The number of carbonyl (C=O) groups excluding carboxylic acids is 3. The molecule has 1 saturated heterocycles. The first-order valence-corrected chi connectivity index (χ1v) is 18.3. The number of benzene rings is 2. The molecule has 3 fully saturated rings. The zero-order chi connectivity index (χ0) is 37.6. The molecule has 0 spiro atoms. The fourth-order valence-electron chi connectivity index (χ4n) is 5.32. The summed E-state index contributed by atoms with van der Waals surface area (Å²) in [5.74, 6) is 0.889. The number of nitrogens with one attached hydrogen (secondary N) is 2. The molecule has 5 rings (SSSR count). The van der Waals surface area contributed by atoms with Crippen molar-refractivity contribution >= 4 is 23.4 Å². The number of para-hydroxylation sites is 1. The van der Waals surface area contributed by atoms with Crippen molar-refractivity contribution in [1.29, 1.82) is 5.26 Å². The lowest BCUT2D eigenvalue weighted by Gasteiger charge is -2.27. The van der Waals surface area contributed by atoms with Gasteiger partial charge in [0, 0.05) is 24.8 Å². The lowest BCUT2D eigenvalue weighted by Crippen LogP contribution is -2.50. The van der Waals surface area contributed by atoms with Crippen LogP contribution >= 0.6 is 0 Å². The number of amides is 3. The van der Waals surface area contributed by atoms with Crippen molar-refractivity contribution in [2.45, 2.75) is 105 Å². The fraction of sp³-hybridized carbons (Fsp3) is 0.561. The van der Waals surface area contributed by atoms with Gasteiger partial charge < -0.3 is 29.9 Å². The quantitative estimate of drug-likeness (QED) is 0.210. The highest BCUT2D eigenvalue weighted by Crippen LogP contribution is 2.36. The Labute approximate surface area is 305 Å². The van der Waals surface area contributed by atoms with Crippen molar-refractivity contribution in [3.05, 3.63) is 66.9 Å². The van der Waals surface area contributed by atoms with Crippen LogP contribution in [0.1, 0.15) is 96.8 Å². The molecule has 3 amide bonds. The predicted molar refractivity (Wildman–Crippen MR) is 202 cm³/mol. The normalized spacial score (nSPS) is 18.4. The summed E-state index contributed by atoms with van der Waals surface area (Å²) in [6.45, 7) is 17.2. The maximum atomic E-state index is 13.4. The van der Waals surface area contributed by atoms with Crippen LogP contribution in [-0.4, -0.2) is 72.5 Å². The minimum absolute atomic E-state index is 0.122. The van der Waals surface area contributed by atoms with Crippen LogP contribution in [-0.2, 0) is 9.59 Å². The number of nitriles is 1. The summed E-state index contributed by atoms with van der Waals surface area (Å²) >= 11 is 0. The molecule has 2 N–H and O–H groups in total. The number of nitrogens with zero attached hydrogens (tertiary/aromatic N) is 3.